The molecule has 0 saturated heterocycles. The number of hydroxylamine groups is 1. The first-order chi connectivity index (χ1) is 9.67. The normalized spacial score (nSPS) is 23.8. The van der Waals surface area contributed by atoms with Gasteiger partial charge in [-0.05, 0) is 40.7 Å². The van der Waals surface area contributed by atoms with Crippen LogP contribution in [0.25, 0.3) is 0 Å². The van der Waals surface area contributed by atoms with Crippen LogP contribution in [0.5, 0.6) is 0 Å². The number of hydrogen-bond donors (Lipinski definition) is 2. The third-order valence-corrected chi connectivity index (χ3v) is 9.75. The predicted octanol–water partition coefficient (Wildman–Crippen LogP) is 3.37. The summed E-state index contributed by atoms with van der Waals surface area (Å²) in [5.41, 5.74) is 3.05. The summed E-state index contributed by atoms with van der Waals surface area (Å²) in [4.78, 5) is 5.31. The maximum absolute atomic E-state index is 6.28. The highest BCUT2D eigenvalue weighted by atomic mass is 127. The first kappa shape index (κ1) is 19.3. The zero-order valence-electron chi connectivity index (χ0n) is 13.8. The summed E-state index contributed by atoms with van der Waals surface area (Å²) in [6, 6.07) is 0.484. The molecule has 1 rings (SSSR count). The lowest BCUT2D eigenvalue weighted by atomic mass is 10.1. The molecule has 0 bridgehead atoms. The Morgan fingerprint density at radius 2 is 2.19 bits per heavy atom. The molecule has 2 atom stereocenters. The minimum atomic E-state index is -1.68. The highest BCUT2D eigenvalue weighted by molar-refractivity contribution is 14.1. The fraction of sp³-hybridized carbons (Fsp3) is 0.733. The van der Waals surface area contributed by atoms with E-state index in [4.69, 9.17) is 9.26 Å². The van der Waals surface area contributed by atoms with Gasteiger partial charge in [0.15, 0.2) is 8.32 Å². The third kappa shape index (κ3) is 6.11. The van der Waals surface area contributed by atoms with Crippen LogP contribution in [0.4, 0.5) is 0 Å². The van der Waals surface area contributed by atoms with Crippen molar-refractivity contribution in [1.82, 2.24) is 10.8 Å². The molecule has 0 fully saturated rings. The van der Waals surface area contributed by atoms with Crippen molar-refractivity contribution < 1.29 is 9.26 Å². The fourth-order valence-electron chi connectivity index (χ4n) is 1.66. The van der Waals surface area contributed by atoms with E-state index in [2.05, 4.69) is 79.9 Å². The van der Waals surface area contributed by atoms with Crippen LogP contribution >= 0.6 is 22.6 Å². The van der Waals surface area contributed by atoms with Crippen LogP contribution < -0.4 is 10.8 Å². The molecular formula is C15H29IN2O2Si. The zero-order valence-corrected chi connectivity index (χ0v) is 17.0. The summed E-state index contributed by atoms with van der Waals surface area (Å²) in [6.45, 7) is 17.1. The molecule has 6 heteroatoms. The van der Waals surface area contributed by atoms with Gasteiger partial charge in [0.25, 0.3) is 0 Å². The van der Waals surface area contributed by atoms with Crippen molar-refractivity contribution in [2.75, 3.05) is 19.8 Å². The van der Waals surface area contributed by atoms with Crippen LogP contribution in [0.3, 0.4) is 0 Å². The van der Waals surface area contributed by atoms with Gasteiger partial charge in [0.1, 0.15) is 0 Å². The molecule has 0 spiro atoms. The molecule has 122 valence electrons. The summed E-state index contributed by atoms with van der Waals surface area (Å²) in [6.07, 6.45) is 3.96. The molecule has 4 nitrogen and oxygen atoms in total. The van der Waals surface area contributed by atoms with E-state index < -0.39 is 8.32 Å². The topological polar surface area (TPSA) is 42.5 Å². The highest BCUT2D eigenvalue weighted by Crippen LogP contribution is 2.36. The SMILES string of the molecule is C=CCON[C@H]1CNC(CO[Si](C)(C)C(C)(C)C)C=C1I. The molecule has 0 aromatic carbocycles. The van der Waals surface area contributed by atoms with Gasteiger partial charge in [-0.1, -0.05) is 32.9 Å². The second kappa shape index (κ2) is 8.21. The van der Waals surface area contributed by atoms with Crippen molar-refractivity contribution in [2.24, 2.45) is 0 Å². The van der Waals surface area contributed by atoms with Crippen LogP contribution in [-0.4, -0.2) is 40.2 Å². The third-order valence-electron chi connectivity index (χ3n) is 4.13. The minimum Gasteiger partial charge on any atom is -0.415 e. The van der Waals surface area contributed by atoms with Gasteiger partial charge in [-0.3, -0.25) is 4.84 Å². The van der Waals surface area contributed by atoms with Gasteiger partial charge in [0.05, 0.1) is 19.3 Å². The highest BCUT2D eigenvalue weighted by Gasteiger charge is 2.37. The lowest BCUT2D eigenvalue weighted by Crippen LogP contribution is -2.50. The Morgan fingerprint density at radius 1 is 1.52 bits per heavy atom. The standard InChI is InChI=1S/C15H29IN2O2Si/c1-7-8-19-18-14-10-17-12(9-13(14)16)11-20-21(5,6)15(2,3)4/h7,9,12,14,17-18H,1,8,10-11H2,2-6H3/t12?,14-/m0/s1. The first-order valence-corrected chi connectivity index (χ1v) is 11.4. The fourth-order valence-corrected chi connectivity index (χ4v) is 3.47. The smallest absolute Gasteiger partial charge is 0.192 e. The number of rotatable bonds is 7. The monoisotopic (exact) mass is 424 g/mol. The Kier molecular flexibility index (Phi) is 7.55. The Hall–Kier alpha value is 0.267. The molecule has 0 aromatic heterocycles. The van der Waals surface area contributed by atoms with E-state index in [0.29, 0.717) is 6.61 Å². The van der Waals surface area contributed by atoms with Crippen molar-refractivity contribution in [2.45, 2.75) is 51.0 Å². The molecular weight excluding hydrogens is 395 g/mol. The van der Waals surface area contributed by atoms with Crippen molar-refractivity contribution in [1.29, 1.82) is 0 Å². The molecule has 0 amide bonds. The van der Waals surface area contributed by atoms with Crippen molar-refractivity contribution in [3.8, 4) is 0 Å². The molecule has 21 heavy (non-hydrogen) atoms. The van der Waals surface area contributed by atoms with Crippen molar-refractivity contribution in [3.63, 3.8) is 0 Å². The summed E-state index contributed by atoms with van der Waals surface area (Å²) in [5.74, 6) is 0. The van der Waals surface area contributed by atoms with Gasteiger partial charge in [-0.15, -0.1) is 6.58 Å². The average Bonchev–Trinajstić information content (AvgIpc) is 2.37. The van der Waals surface area contributed by atoms with Gasteiger partial charge in [-0.25, -0.2) is 0 Å². The van der Waals surface area contributed by atoms with Crippen LogP contribution in [0, 0.1) is 0 Å². The summed E-state index contributed by atoms with van der Waals surface area (Å²) in [5, 5.41) is 3.75. The lowest BCUT2D eigenvalue weighted by Gasteiger charge is -2.38. The van der Waals surface area contributed by atoms with Crippen LogP contribution in [-0.2, 0) is 9.26 Å². The number of halogens is 1. The van der Waals surface area contributed by atoms with Gasteiger partial charge in [-0.2, -0.15) is 5.48 Å². The summed E-state index contributed by atoms with van der Waals surface area (Å²) < 4.78 is 7.54. The Labute approximate surface area is 144 Å². The quantitative estimate of drug-likeness (QED) is 0.216. The van der Waals surface area contributed by atoms with Gasteiger partial charge < -0.3 is 9.74 Å². The van der Waals surface area contributed by atoms with E-state index in [-0.39, 0.29) is 17.1 Å². The average molecular weight is 424 g/mol. The van der Waals surface area contributed by atoms with Crippen LogP contribution in [0.1, 0.15) is 20.8 Å². The zero-order chi connectivity index (χ0) is 16.1. The maximum Gasteiger partial charge on any atom is 0.192 e. The number of nitrogens with one attached hydrogen (secondary N) is 2. The van der Waals surface area contributed by atoms with E-state index in [0.717, 1.165) is 13.2 Å². The van der Waals surface area contributed by atoms with Crippen LogP contribution in [0.15, 0.2) is 22.3 Å². The van der Waals surface area contributed by atoms with Crippen molar-refractivity contribution >= 4 is 30.9 Å². The predicted molar refractivity (Wildman–Crippen MR) is 100 cm³/mol. The Morgan fingerprint density at radius 3 is 2.71 bits per heavy atom. The van der Waals surface area contributed by atoms with Gasteiger partial charge >= 0.3 is 0 Å². The molecule has 0 radical (unpaired) electrons. The molecule has 0 aromatic rings. The molecule has 1 heterocycles. The second-order valence-electron chi connectivity index (χ2n) is 6.91. The van der Waals surface area contributed by atoms with E-state index in [1.165, 1.54) is 3.58 Å². The van der Waals surface area contributed by atoms with E-state index in [1.54, 1.807) is 6.08 Å². The van der Waals surface area contributed by atoms with Crippen molar-refractivity contribution in [3.05, 3.63) is 22.3 Å². The minimum absolute atomic E-state index is 0.203. The number of hydrogen-bond acceptors (Lipinski definition) is 4. The Balaban J connectivity index is 2.48. The molecule has 0 aliphatic carbocycles. The van der Waals surface area contributed by atoms with Gasteiger partial charge in [0, 0.05) is 16.2 Å². The molecule has 0 saturated carbocycles. The van der Waals surface area contributed by atoms with Gasteiger partial charge in [0.2, 0.25) is 0 Å². The Bertz CT molecular complexity index is 380. The first-order valence-electron chi connectivity index (χ1n) is 7.40. The molecule has 1 aliphatic heterocycles. The lowest BCUT2D eigenvalue weighted by molar-refractivity contribution is 0.0437. The molecule has 1 unspecified atom stereocenters. The van der Waals surface area contributed by atoms with E-state index in [1.807, 2.05) is 0 Å². The largest absolute Gasteiger partial charge is 0.415 e. The van der Waals surface area contributed by atoms with Crippen LogP contribution in [0.2, 0.25) is 18.1 Å². The summed E-state index contributed by atoms with van der Waals surface area (Å²) >= 11 is 2.37. The summed E-state index contributed by atoms with van der Waals surface area (Å²) in [7, 11) is -1.68. The molecule has 2 N–H and O–H groups in total. The maximum atomic E-state index is 6.28. The van der Waals surface area contributed by atoms with E-state index >= 15 is 0 Å². The second-order valence-corrected chi connectivity index (χ2v) is 13.0. The molecule has 1 aliphatic rings. The van der Waals surface area contributed by atoms with E-state index in [9.17, 15) is 0 Å².